The molecule has 0 N–H and O–H groups in total. The van der Waals surface area contributed by atoms with Gasteiger partial charge in [-0.25, -0.2) is 8.42 Å². The normalized spacial score (nSPS) is 20.9. The van der Waals surface area contributed by atoms with Crippen LogP contribution in [0.15, 0.2) is 41.3 Å². The second kappa shape index (κ2) is 7.27. The Labute approximate surface area is 176 Å². The summed E-state index contributed by atoms with van der Waals surface area (Å²) >= 11 is 0. The van der Waals surface area contributed by atoms with Gasteiger partial charge < -0.3 is 9.80 Å². The van der Waals surface area contributed by atoms with Crippen LogP contribution in [0, 0.1) is 5.92 Å². The van der Waals surface area contributed by atoms with Crippen molar-refractivity contribution in [2.75, 3.05) is 37.0 Å². The van der Waals surface area contributed by atoms with Crippen LogP contribution in [-0.2, 0) is 19.6 Å². The van der Waals surface area contributed by atoms with E-state index >= 15 is 0 Å². The molecule has 2 aliphatic heterocycles. The molecule has 158 valence electrons. The highest BCUT2D eigenvalue weighted by molar-refractivity contribution is 7.93. The van der Waals surface area contributed by atoms with E-state index in [9.17, 15) is 18.0 Å². The molecule has 0 bridgehead atoms. The van der Waals surface area contributed by atoms with E-state index in [1.807, 2.05) is 23.1 Å². The lowest BCUT2D eigenvalue weighted by Crippen LogP contribution is -2.53. The summed E-state index contributed by atoms with van der Waals surface area (Å²) < 4.78 is 27.4. The Balaban J connectivity index is 1.29. The molecule has 2 heterocycles. The molecular weight excluding hydrogens is 402 g/mol. The average molecular weight is 428 g/mol. The van der Waals surface area contributed by atoms with Gasteiger partial charge >= 0.3 is 0 Å². The van der Waals surface area contributed by atoms with Crippen molar-refractivity contribution >= 4 is 38.3 Å². The Kier molecular flexibility index (Phi) is 4.69. The number of hydrogen-bond donors (Lipinski definition) is 0. The maximum absolute atomic E-state index is 13.1. The number of amides is 2. The van der Waals surface area contributed by atoms with Crippen molar-refractivity contribution in [2.24, 2.45) is 5.92 Å². The van der Waals surface area contributed by atoms with Crippen molar-refractivity contribution in [1.82, 2.24) is 9.80 Å². The van der Waals surface area contributed by atoms with E-state index in [0.29, 0.717) is 37.3 Å². The maximum Gasteiger partial charge on any atom is 0.265 e. The van der Waals surface area contributed by atoms with Crippen LogP contribution < -0.4 is 4.31 Å². The van der Waals surface area contributed by atoms with Crippen LogP contribution in [0.2, 0.25) is 0 Å². The Morgan fingerprint density at radius 1 is 0.900 bits per heavy atom. The fourth-order valence-corrected chi connectivity index (χ4v) is 6.62. The fraction of sp³-hybridized carbons (Fsp3) is 0.455. The molecule has 3 aliphatic rings. The highest BCUT2D eigenvalue weighted by Gasteiger charge is 2.38. The number of anilines is 1. The third-order valence-corrected chi connectivity index (χ3v) is 8.41. The van der Waals surface area contributed by atoms with Crippen LogP contribution in [-0.4, -0.2) is 62.8 Å². The third-order valence-electron chi connectivity index (χ3n) is 6.61. The van der Waals surface area contributed by atoms with Gasteiger partial charge in [0.05, 0.1) is 10.6 Å². The molecule has 5 rings (SSSR count). The smallest absolute Gasteiger partial charge is 0.265 e. The summed E-state index contributed by atoms with van der Waals surface area (Å²) in [5.41, 5.74) is 0.562. The number of nitrogens with zero attached hydrogens (tertiary/aromatic N) is 3. The Morgan fingerprint density at radius 3 is 2.23 bits per heavy atom. The van der Waals surface area contributed by atoms with E-state index < -0.39 is 10.0 Å². The SMILES string of the molecule is O=C(CN1c2cccc3cccc(c23)S1(=O)=O)N1CCN(C(=O)C2CCCC2)CC1. The van der Waals surface area contributed by atoms with Gasteiger partial charge in [-0.2, -0.15) is 0 Å². The largest absolute Gasteiger partial charge is 0.339 e. The van der Waals surface area contributed by atoms with Gasteiger partial charge in [0.1, 0.15) is 6.54 Å². The molecule has 1 saturated carbocycles. The summed E-state index contributed by atoms with van der Waals surface area (Å²) in [4.78, 5) is 29.4. The van der Waals surface area contributed by atoms with Crippen molar-refractivity contribution in [1.29, 1.82) is 0 Å². The molecule has 30 heavy (non-hydrogen) atoms. The van der Waals surface area contributed by atoms with Crippen molar-refractivity contribution < 1.29 is 18.0 Å². The second-order valence-electron chi connectivity index (χ2n) is 8.33. The predicted molar refractivity (Wildman–Crippen MR) is 114 cm³/mol. The Hall–Kier alpha value is -2.61. The van der Waals surface area contributed by atoms with Crippen LogP contribution in [0.4, 0.5) is 5.69 Å². The van der Waals surface area contributed by atoms with E-state index in [1.165, 1.54) is 4.31 Å². The number of carbonyl (C=O) groups excluding carboxylic acids is 2. The van der Waals surface area contributed by atoms with Crippen LogP contribution in [0.1, 0.15) is 25.7 Å². The molecule has 0 radical (unpaired) electrons. The quantitative estimate of drug-likeness (QED) is 0.753. The van der Waals surface area contributed by atoms with E-state index in [1.54, 1.807) is 23.1 Å². The summed E-state index contributed by atoms with van der Waals surface area (Å²) in [6.07, 6.45) is 4.18. The molecular formula is C22H25N3O4S. The van der Waals surface area contributed by atoms with Crippen molar-refractivity contribution in [2.45, 2.75) is 30.6 Å². The summed E-state index contributed by atoms with van der Waals surface area (Å²) in [6, 6.07) is 10.6. The zero-order valence-corrected chi connectivity index (χ0v) is 17.6. The number of rotatable bonds is 3. The lowest BCUT2D eigenvalue weighted by atomic mass is 10.1. The molecule has 1 saturated heterocycles. The first-order chi connectivity index (χ1) is 14.5. The monoisotopic (exact) mass is 427 g/mol. The van der Waals surface area contributed by atoms with Crippen LogP contribution in [0.3, 0.4) is 0 Å². The van der Waals surface area contributed by atoms with Crippen molar-refractivity contribution in [3.63, 3.8) is 0 Å². The Bertz CT molecular complexity index is 1110. The zero-order chi connectivity index (χ0) is 20.9. The van der Waals surface area contributed by atoms with E-state index in [2.05, 4.69) is 0 Å². The molecule has 7 nitrogen and oxygen atoms in total. The topological polar surface area (TPSA) is 78.0 Å². The van der Waals surface area contributed by atoms with Crippen LogP contribution in [0.25, 0.3) is 10.8 Å². The minimum absolute atomic E-state index is 0.140. The van der Waals surface area contributed by atoms with Gasteiger partial charge in [0, 0.05) is 37.5 Å². The first-order valence-electron chi connectivity index (χ1n) is 10.6. The number of sulfonamides is 1. The Morgan fingerprint density at radius 2 is 1.53 bits per heavy atom. The fourth-order valence-electron chi connectivity index (χ4n) is 4.96. The summed E-state index contributed by atoms with van der Waals surface area (Å²) in [7, 11) is -3.75. The molecule has 0 unspecified atom stereocenters. The first kappa shape index (κ1) is 19.4. The summed E-state index contributed by atoms with van der Waals surface area (Å²) in [5.74, 6) is 0.126. The molecule has 8 heteroatoms. The van der Waals surface area contributed by atoms with E-state index in [-0.39, 0.29) is 29.2 Å². The van der Waals surface area contributed by atoms with Gasteiger partial charge in [0.15, 0.2) is 0 Å². The maximum atomic E-state index is 13.1. The van der Waals surface area contributed by atoms with Gasteiger partial charge in [-0.1, -0.05) is 37.1 Å². The number of piperazine rings is 1. The second-order valence-corrected chi connectivity index (χ2v) is 10.2. The molecule has 1 aliphatic carbocycles. The van der Waals surface area contributed by atoms with E-state index in [0.717, 1.165) is 31.1 Å². The van der Waals surface area contributed by atoms with Crippen LogP contribution in [0.5, 0.6) is 0 Å². The number of benzene rings is 2. The summed E-state index contributed by atoms with van der Waals surface area (Å²) in [6.45, 7) is 1.71. The van der Waals surface area contributed by atoms with Gasteiger partial charge in [0.25, 0.3) is 10.0 Å². The minimum atomic E-state index is -3.75. The molecule has 0 spiro atoms. The summed E-state index contributed by atoms with van der Waals surface area (Å²) in [5, 5.41) is 1.53. The number of hydrogen-bond acceptors (Lipinski definition) is 4. The van der Waals surface area contributed by atoms with Crippen molar-refractivity contribution in [3.8, 4) is 0 Å². The average Bonchev–Trinajstić information content (AvgIpc) is 3.37. The first-order valence-corrected chi connectivity index (χ1v) is 12.0. The van der Waals surface area contributed by atoms with Crippen LogP contribution >= 0.6 is 0 Å². The molecule has 2 fully saturated rings. The lowest BCUT2D eigenvalue weighted by Gasteiger charge is -2.36. The molecule has 0 atom stereocenters. The molecule has 2 amide bonds. The molecule has 2 aromatic rings. The zero-order valence-electron chi connectivity index (χ0n) is 16.8. The minimum Gasteiger partial charge on any atom is -0.339 e. The van der Waals surface area contributed by atoms with Gasteiger partial charge in [-0.15, -0.1) is 0 Å². The standard InChI is InChI=1S/C22H25N3O4S/c26-20(23-11-13-24(14-12-23)22(27)17-5-1-2-6-17)15-25-18-9-3-7-16-8-4-10-19(21(16)18)30(25,28)29/h3-4,7-10,17H,1-2,5-6,11-15H2. The lowest BCUT2D eigenvalue weighted by molar-refractivity contribution is -0.141. The van der Waals surface area contributed by atoms with Gasteiger partial charge in [0.2, 0.25) is 11.8 Å². The molecule has 0 aromatic heterocycles. The predicted octanol–water partition coefficient (Wildman–Crippen LogP) is 2.21. The van der Waals surface area contributed by atoms with Crippen molar-refractivity contribution in [3.05, 3.63) is 36.4 Å². The highest BCUT2D eigenvalue weighted by Crippen LogP contribution is 2.41. The van der Waals surface area contributed by atoms with Gasteiger partial charge in [-0.05, 0) is 30.4 Å². The highest BCUT2D eigenvalue weighted by atomic mass is 32.2. The molecule has 2 aromatic carbocycles. The number of carbonyl (C=O) groups is 2. The van der Waals surface area contributed by atoms with E-state index in [4.69, 9.17) is 0 Å². The third kappa shape index (κ3) is 3.05. The van der Waals surface area contributed by atoms with Gasteiger partial charge in [-0.3, -0.25) is 13.9 Å².